The van der Waals surface area contributed by atoms with E-state index < -0.39 is 0 Å². The van der Waals surface area contributed by atoms with Gasteiger partial charge in [-0.3, -0.25) is 4.79 Å². The molecule has 0 heterocycles. The number of aromatic hydroxyl groups is 2. The van der Waals surface area contributed by atoms with E-state index in [9.17, 15) is 15.0 Å². The van der Waals surface area contributed by atoms with E-state index in [1.165, 1.54) is 0 Å². The molecule has 3 heteroatoms. The first kappa shape index (κ1) is 15.1. The molecule has 0 atom stereocenters. The molecule has 3 rings (SSSR count). The van der Waals surface area contributed by atoms with Crippen LogP contribution in [-0.2, 0) is 4.79 Å². The van der Waals surface area contributed by atoms with Gasteiger partial charge in [0.15, 0.2) is 5.78 Å². The molecule has 2 aromatic carbocycles. The largest absolute Gasteiger partial charge is 0.507 e. The number of phenolic OH excluding ortho intramolecular Hbond substituents is 2. The van der Waals surface area contributed by atoms with Gasteiger partial charge in [-0.05, 0) is 43.5 Å². The maximum Gasteiger partial charge on any atom is 0.185 e. The number of hydrogen-bond acceptors (Lipinski definition) is 3. The van der Waals surface area contributed by atoms with E-state index in [0.717, 1.165) is 6.42 Å². The first-order chi connectivity index (χ1) is 11.1. The molecule has 0 aliphatic heterocycles. The van der Waals surface area contributed by atoms with Crippen LogP contribution < -0.4 is 0 Å². The smallest absolute Gasteiger partial charge is 0.185 e. The fourth-order valence-electron chi connectivity index (χ4n) is 2.77. The first-order valence-electron chi connectivity index (χ1n) is 7.67. The second-order valence-electron chi connectivity index (χ2n) is 5.64. The van der Waals surface area contributed by atoms with Gasteiger partial charge < -0.3 is 10.2 Å². The Morgan fingerprint density at radius 2 is 1.17 bits per heavy atom. The number of phenols is 2. The molecule has 23 heavy (non-hydrogen) atoms. The predicted molar refractivity (Wildman–Crippen MR) is 91.0 cm³/mol. The molecular weight excluding hydrogens is 288 g/mol. The SMILES string of the molecule is O=C1C(=Cc2ccccc2O)CCCC1=Cc1ccccc1O. The summed E-state index contributed by atoms with van der Waals surface area (Å²) < 4.78 is 0. The summed E-state index contributed by atoms with van der Waals surface area (Å²) in [5, 5.41) is 19.7. The summed E-state index contributed by atoms with van der Waals surface area (Å²) in [6.45, 7) is 0. The van der Waals surface area contributed by atoms with Gasteiger partial charge in [0.05, 0.1) is 0 Å². The lowest BCUT2D eigenvalue weighted by Gasteiger charge is -2.17. The zero-order valence-corrected chi connectivity index (χ0v) is 12.7. The Morgan fingerprint density at radius 3 is 1.61 bits per heavy atom. The van der Waals surface area contributed by atoms with Crippen molar-refractivity contribution in [1.82, 2.24) is 0 Å². The molecule has 1 saturated carbocycles. The van der Waals surface area contributed by atoms with Crippen LogP contribution >= 0.6 is 0 Å². The number of hydrogen-bond donors (Lipinski definition) is 2. The van der Waals surface area contributed by atoms with Gasteiger partial charge >= 0.3 is 0 Å². The number of para-hydroxylation sites is 2. The van der Waals surface area contributed by atoms with Crippen molar-refractivity contribution in [2.24, 2.45) is 0 Å². The van der Waals surface area contributed by atoms with Crippen LogP contribution in [0, 0.1) is 0 Å². The Morgan fingerprint density at radius 1 is 0.739 bits per heavy atom. The molecule has 1 aliphatic rings. The topological polar surface area (TPSA) is 57.5 Å². The summed E-state index contributed by atoms with van der Waals surface area (Å²) in [7, 11) is 0. The number of ketones is 1. The summed E-state index contributed by atoms with van der Waals surface area (Å²) in [5.74, 6) is 0.331. The highest BCUT2D eigenvalue weighted by atomic mass is 16.3. The average Bonchev–Trinajstić information content (AvgIpc) is 2.55. The Kier molecular flexibility index (Phi) is 4.29. The Labute approximate surface area is 135 Å². The van der Waals surface area contributed by atoms with Crippen LogP contribution in [0.4, 0.5) is 0 Å². The summed E-state index contributed by atoms with van der Waals surface area (Å²) >= 11 is 0. The van der Waals surface area contributed by atoms with E-state index in [-0.39, 0.29) is 17.3 Å². The summed E-state index contributed by atoms with van der Waals surface area (Å²) in [4.78, 5) is 12.7. The molecule has 0 amide bonds. The molecule has 1 aliphatic carbocycles. The van der Waals surface area contributed by atoms with E-state index in [4.69, 9.17) is 0 Å². The monoisotopic (exact) mass is 306 g/mol. The van der Waals surface area contributed by atoms with Gasteiger partial charge in [0.25, 0.3) is 0 Å². The van der Waals surface area contributed by atoms with Crippen LogP contribution in [0.25, 0.3) is 12.2 Å². The fourth-order valence-corrected chi connectivity index (χ4v) is 2.77. The number of allylic oxidation sites excluding steroid dienone is 2. The number of Topliss-reactive ketones (excluding diaryl/α,β-unsaturated/α-hetero) is 1. The van der Waals surface area contributed by atoms with Gasteiger partial charge in [-0.25, -0.2) is 0 Å². The standard InChI is InChI=1S/C20H18O3/c21-18-10-3-1-6-14(18)12-16-8-5-9-17(20(16)23)13-15-7-2-4-11-19(15)22/h1-4,6-7,10-13,21-22H,5,8-9H2. The molecule has 0 aromatic heterocycles. The summed E-state index contributed by atoms with van der Waals surface area (Å²) in [6, 6.07) is 14.0. The molecule has 2 aromatic rings. The van der Waals surface area contributed by atoms with Crippen molar-refractivity contribution in [3.63, 3.8) is 0 Å². The molecule has 0 spiro atoms. The second-order valence-corrected chi connectivity index (χ2v) is 5.64. The molecule has 2 N–H and O–H groups in total. The van der Waals surface area contributed by atoms with E-state index in [0.29, 0.717) is 35.1 Å². The van der Waals surface area contributed by atoms with E-state index in [1.807, 2.05) is 12.1 Å². The first-order valence-corrected chi connectivity index (χ1v) is 7.67. The Bertz CT molecular complexity index is 735. The van der Waals surface area contributed by atoms with Gasteiger partial charge in [0.2, 0.25) is 0 Å². The Balaban J connectivity index is 1.93. The second kappa shape index (κ2) is 6.53. The van der Waals surface area contributed by atoms with Crippen LogP contribution in [0.2, 0.25) is 0 Å². The molecule has 116 valence electrons. The lowest BCUT2D eigenvalue weighted by Crippen LogP contribution is -2.12. The molecular formula is C20H18O3. The van der Waals surface area contributed by atoms with Crippen LogP contribution in [0.15, 0.2) is 59.7 Å². The molecule has 1 fully saturated rings. The fraction of sp³-hybridized carbons (Fsp3) is 0.150. The van der Waals surface area contributed by atoms with Crippen molar-refractivity contribution in [3.8, 4) is 11.5 Å². The third kappa shape index (κ3) is 3.34. The van der Waals surface area contributed by atoms with Gasteiger partial charge in [0.1, 0.15) is 11.5 Å². The van der Waals surface area contributed by atoms with Crippen molar-refractivity contribution in [2.45, 2.75) is 19.3 Å². The zero-order valence-electron chi connectivity index (χ0n) is 12.7. The zero-order chi connectivity index (χ0) is 16.2. The Hall–Kier alpha value is -2.81. The molecule has 0 radical (unpaired) electrons. The van der Waals surface area contributed by atoms with Crippen LogP contribution in [0.3, 0.4) is 0 Å². The minimum absolute atomic E-state index is 0.0113. The van der Waals surface area contributed by atoms with Crippen molar-refractivity contribution >= 4 is 17.9 Å². The van der Waals surface area contributed by atoms with Gasteiger partial charge in [-0.15, -0.1) is 0 Å². The van der Waals surface area contributed by atoms with Crippen LogP contribution in [-0.4, -0.2) is 16.0 Å². The highest BCUT2D eigenvalue weighted by molar-refractivity contribution is 6.14. The van der Waals surface area contributed by atoms with Gasteiger partial charge in [-0.1, -0.05) is 36.4 Å². The van der Waals surface area contributed by atoms with E-state index in [1.54, 1.807) is 48.6 Å². The third-order valence-electron chi connectivity index (χ3n) is 4.01. The molecule has 0 unspecified atom stereocenters. The van der Waals surface area contributed by atoms with Crippen molar-refractivity contribution in [1.29, 1.82) is 0 Å². The molecule has 0 saturated heterocycles. The lowest BCUT2D eigenvalue weighted by molar-refractivity contribution is -0.112. The highest BCUT2D eigenvalue weighted by Crippen LogP contribution is 2.31. The van der Waals surface area contributed by atoms with Crippen molar-refractivity contribution in [3.05, 3.63) is 70.8 Å². The number of carbonyl (C=O) groups excluding carboxylic acids is 1. The lowest BCUT2D eigenvalue weighted by atomic mass is 9.86. The molecule has 3 nitrogen and oxygen atoms in total. The maximum absolute atomic E-state index is 12.7. The van der Waals surface area contributed by atoms with E-state index in [2.05, 4.69) is 0 Å². The highest BCUT2D eigenvalue weighted by Gasteiger charge is 2.21. The number of carbonyl (C=O) groups is 1. The number of rotatable bonds is 2. The maximum atomic E-state index is 12.7. The number of benzene rings is 2. The van der Waals surface area contributed by atoms with Crippen LogP contribution in [0.1, 0.15) is 30.4 Å². The normalized spacial score (nSPS) is 18.5. The van der Waals surface area contributed by atoms with Crippen LogP contribution in [0.5, 0.6) is 11.5 Å². The van der Waals surface area contributed by atoms with Crippen molar-refractivity contribution in [2.75, 3.05) is 0 Å². The third-order valence-corrected chi connectivity index (χ3v) is 4.01. The quantitative estimate of drug-likeness (QED) is 0.812. The summed E-state index contributed by atoms with van der Waals surface area (Å²) in [5.41, 5.74) is 2.69. The predicted octanol–water partition coefficient (Wildman–Crippen LogP) is 4.32. The minimum Gasteiger partial charge on any atom is -0.507 e. The average molecular weight is 306 g/mol. The summed E-state index contributed by atoms with van der Waals surface area (Å²) in [6.07, 6.45) is 5.80. The molecule has 0 bridgehead atoms. The van der Waals surface area contributed by atoms with Gasteiger partial charge in [-0.2, -0.15) is 0 Å². The van der Waals surface area contributed by atoms with Gasteiger partial charge in [0, 0.05) is 22.3 Å². The minimum atomic E-state index is -0.0113. The van der Waals surface area contributed by atoms with Crippen molar-refractivity contribution < 1.29 is 15.0 Å². The van der Waals surface area contributed by atoms with E-state index >= 15 is 0 Å².